The first-order chi connectivity index (χ1) is 8.14. The highest BCUT2D eigenvalue weighted by Gasteiger charge is 2.37. The lowest BCUT2D eigenvalue weighted by Gasteiger charge is -2.35. The maximum Gasteiger partial charge on any atom is 0.226 e. The standard InChI is InChI=1S/C13H26N2OS/c1-4-13(5-7-14-8-6-13)12(16)15-9-11(2)10-17-3/h11,14H,4-10H2,1-3H3,(H,15,16). The Balaban J connectivity index is 2.43. The summed E-state index contributed by atoms with van der Waals surface area (Å²) < 4.78 is 0. The molecule has 0 saturated carbocycles. The van der Waals surface area contributed by atoms with E-state index in [0.29, 0.717) is 5.92 Å². The molecule has 1 saturated heterocycles. The van der Waals surface area contributed by atoms with Crippen LogP contribution in [0.1, 0.15) is 33.1 Å². The van der Waals surface area contributed by atoms with E-state index in [4.69, 9.17) is 0 Å². The van der Waals surface area contributed by atoms with Crippen molar-refractivity contribution in [3.63, 3.8) is 0 Å². The number of carbonyl (C=O) groups excluding carboxylic acids is 1. The molecule has 1 aliphatic rings. The lowest BCUT2D eigenvalue weighted by Crippen LogP contribution is -2.48. The molecule has 100 valence electrons. The summed E-state index contributed by atoms with van der Waals surface area (Å²) in [6.07, 6.45) is 5.02. The van der Waals surface area contributed by atoms with Gasteiger partial charge >= 0.3 is 0 Å². The average Bonchev–Trinajstić information content (AvgIpc) is 2.37. The van der Waals surface area contributed by atoms with Gasteiger partial charge in [0.2, 0.25) is 5.91 Å². The van der Waals surface area contributed by atoms with Gasteiger partial charge < -0.3 is 10.6 Å². The Morgan fingerprint density at radius 3 is 2.65 bits per heavy atom. The molecule has 1 amide bonds. The van der Waals surface area contributed by atoms with Gasteiger partial charge in [-0.2, -0.15) is 11.8 Å². The molecule has 1 rings (SSSR count). The van der Waals surface area contributed by atoms with Gasteiger partial charge in [0.1, 0.15) is 0 Å². The second kappa shape index (κ2) is 7.27. The molecule has 0 bridgehead atoms. The summed E-state index contributed by atoms with van der Waals surface area (Å²) in [7, 11) is 0. The molecule has 1 heterocycles. The second-order valence-corrected chi connectivity index (χ2v) is 6.07. The predicted octanol–water partition coefficient (Wildman–Crippen LogP) is 1.88. The Labute approximate surface area is 109 Å². The largest absolute Gasteiger partial charge is 0.355 e. The van der Waals surface area contributed by atoms with E-state index in [1.807, 2.05) is 11.8 Å². The van der Waals surface area contributed by atoms with Gasteiger partial charge in [0.05, 0.1) is 5.41 Å². The lowest BCUT2D eigenvalue weighted by molar-refractivity contribution is -0.133. The number of piperidine rings is 1. The molecule has 0 aromatic rings. The fourth-order valence-electron chi connectivity index (χ4n) is 2.44. The second-order valence-electron chi connectivity index (χ2n) is 5.15. The van der Waals surface area contributed by atoms with E-state index in [-0.39, 0.29) is 11.3 Å². The molecule has 2 N–H and O–H groups in total. The Hall–Kier alpha value is -0.220. The van der Waals surface area contributed by atoms with Crippen LogP contribution in [0.15, 0.2) is 0 Å². The monoisotopic (exact) mass is 258 g/mol. The SMILES string of the molecule is CCC1(C(=O)NCC(C)CSC)CCNCC1. The zero-order chi connectivity index (χ0) is 12.7. The molecule has 0 aromatic carbocycles. The third kappa shape index (κ3) is 4.18. The van der Waals surface area contributed by atoms with Crippen molar-refractivity contribution in [2.24, 2.45) is 11.3 Å². The molecule has 0 aliphatic carbocycles. The highest BCUT2D eigenvalue weighted by atomic mass is 32.2. The Kier molecular flexibility index (Phi) is 6.34. The van der Waals surface area contributed by atoms with Crippen molar-refractivity contribution in [2.75, 3.05) is 31.6 Å². The van der Waals surface area contributed by atoms with Gasteiger partial charge in [-0.25, -0.2) is 0 Å². The first-order valence-corrected chi connectivity index (χ1v) is 8.02. The summed E-state index contributed by atoms with van der Waals surface area (Å²) >= 11 is 1.84. The minimum Gasteiger partial charge on any atom is -0.355 e. The fraction of sp³-hybridized carbons (Fsp3) is 0.923. The van der Waals surface area contributed by atoms with E-state index < -0.39 is 0 Å². The summed E-state index contributed by atoms with van der Waals surface area (Å²) in [6, 6.07) is 0. The van der Waals surface area contributed by atoms with Crippen LogP contribution < -0.4 is 10.6 Å². The molecule has 1 unspecified atom stereocenters. The first-order valence-electron chi connectivity index (χ1n) is 6.62. The summed E-state index contributed by atoms with van der Waals surface area (Å²) in [6.45, 7) is 7.09. The van der Waals surface area contributed by atoms with E-state index in [2.05, 4.69) is 30.7 Å². The van der Waals surface area contributed by atoms with E-state index >= 15 is 0 Å². The minimum absolute atomic E-state index is 0.107. The molecule has 4 heteroatoms. The smallest absolute Gasteiger partial charge is 0.226 e. The topological polar surface area (TPSA) is 41.1 Å². The summed E-state index contributed by atoms with van der Waals surface area (Å²) in [5.74, 6) is 1.94. The highest BCUT2D eigenvalue weighted by molar-refractivity contribution is 7.98. The van der Waals surface area contributed by atoms with Gasteiger partial charge in [0, 0.05) is 6.54 Å². The van der Waals surface area contributed by atoms with Gasteiger partial charge in [-0.1, -0.05) is 13.8 Å². The summed E-state index contributed by atoms with van der Waals surface area (Å²) in [5.41, 5.74) is -0.107. The van der Waals surface area contributed by atoms with Crippen LogP contribution >= 0.6 is 11.8 Å². The normalized spacial score (nSPS) is 20.9. The van der Waals surface area contributed by atoms with Crippen LogP contribution in [0.5, 0.6) is 0 Å². The maximum atomic E-state index is 12.3. The molecule has 1 fully saturated rings. The zero-order valence-corrected chi connectivity index (χ0v) is 12.2. The first kappa shape index (κ1) is 14.8. The highest BCUT2D eigenvalue weighted by Crippen LogP contribution is 2.32. The van der Waals surface area contributed by atoms with Crippen molar-refractivity contribution >= 4 is 17.7 Å². The number of nitrogens with one attached hydrogen (secondary N) is 2. The number of carbonyl (C=O) groups is 1. The van der Waals surface area contributed by atoms with Gasteiger partial charge in [0.15, 0.2) is 0 Å². The van der Waals surface area contributed by atoms with Crippen molar-refractivity contribution in [1.29, 1.82) is 0 Å². The van der Waals surface area contributed by atoms with Crippen molar-refractivity contribution < 1.29 is 4.79 Å². The van der Waals surface area contributed by atoms with Gasteiger partial charge in [-0.15, -0.1) is 0 Å². The molecule has 0 spiro atoms. The zero-order valence-electron chi connectivity index (χ0n) is 11.3. The van der Waals surface area contributed by atoms with E-state index in [1.165, 1.54) is 0 Å². The van der Waals surface area contributed by atoms with Crippen molar-refractivity contribution in [1.82, 2.24) is 10.6 Å². The van der Waals surface area contributed by atoms with Crippen LogP contribution in [-0.2, 0) is 4.79 Å². The molecule has 3 nitrogen and oxygen atoms in total. The van der Waals surface area contributed by atoms with E-state index in [0.717, 1.165) is 44.6 Å². The summed E-state index contributed by atoms with van der Waals surface area (Å²) in [5, 5.41) is 6.48. The Morgan fingerprint density at radius 1 is 1.47 bits per heavy atom. The van der Waals surface area contributed by atoms with Crippen molar-refractivity contribution in [3.8, 4) is 0 Å². The number of amides is 1. The number of thioether (sulfide) groups is 1. The third-order valence-corrected chi connectivity index (χ3v) is 4.68. The molecular formula is C13H26N2OS. The quantitative estimate of drug-likeness (QED) is 0.764. The van der Waals surface area contributed by atoms with E-state index in [1.54, 1.807) is 0 Å². The third-order valence-electron chi connectivity index (χ3n) is 3.78. The summed E-state index contributed by atoms with van der Waals surface area (Å²) in [4.78, 5) is 12.3. The molecule has 1 aliphatic heterocycles. The molecule has 0 radical (unpaired) electrons. The predicted molar refractivity (Wildman–Crippen MR) is 75.4 cm³/mol. The molecular weight excluding hydrogens is 232 g/mol. The number of rotatable bonds is 6. The minimum atomic E-state index is -0.107. The van der Waals surface area contributed by atoms with Crippen LogP contribution in [0.25, 0.3) is 0 Å². The lowest BCUT2D eigenvalue weighted by atomic mass is 9.76. The van der Waals surface area contributed by atoms with Gasteiger partial charge in [0.25, 0.3) is 0 Å². The van der Waals surface area contributed by atoms with Crippen LogP contribution in [-0.4, -0.2) is 37.6 Å². The molecule has 0 aromatic heterocycles. The number of hydrogen-bond acceptors (Lipinski definition) is 3. The average molecular weight is 258 g/mol. The Bertz CT molecular complexity index is 240. The van der Waals surface area contributed by atoms with E-state index in [9.17, 15) is 4.79 Å². The maximum absolute atomic E-state index is 12.3. The van der Waals surface area contributed by atoms with Crippen LogP contribution in [0, 0.1) is 11.3 Å². The Morgan fingerprint density at radius 2 is 2.12 bits per heavy atom. The molecule has 17 heavy (non-hydrogen) atoms. The van der Waals surface area contributed by atoms with Gasteiger partial charge in [-0.05, 0) is 50.3 Å². The van der Waals surface area contributed by atoms with Crippen LogP contribution in [0.3, 0.4) is 0 Å². The molecule has 1 atom stereocenters. The van der Waals surface area contributed by atoms with Crippen molar-refractivity contribution in [2.45, 2.75) is 33.1 Å². The van der Waals surface area contributed by atoms with Crippen LogP contribution in [0.2, 0.25) is 0 Å². The van der Waals surface area contributed by atoms with Gasteiger partial charge in [-0.3, -0.25) is 4.79 Å². The fourth-order valence-corrected chi connectivity index (χ4v) is 3.13. The van der Waals surface area contributed by atoms with Crippen LogP contribution in [0.4, 0.5) is 0 Å². The van der Waals surface area contributed by atoms with Crippen molar-refractivity contribution in [3.05, 3.63) is 0 Å². The number of hydrogen-bond donors (Lipinski definition) is 2.